The maximum absolute atomic E-state index is 11.1. The maximum Gasteiger partial charge on any atom is 0.322 e. The van der Waals surface area contributed by atoms with Gasteiger partial charge >= 0.3 is 5.97 Å². The van der Waals surface area contributed by atoms with E-state index in [1.54, 1.807) is 0 Å². The average Bonchev–Trinajstić information content (AvgIpc) is 2.14. The molecule has 0 fully saturated rings. The monoisotopic (exact) mass is 336 g/mol. The van der Waals surface area contributed by atoms with E-state index in [1.807, 2.05) is 12.1 Å². The van der Waals surface area contributed by atoms with Crippen molar-refractivity contribution in [1.82, 2.24) is 4.98 Å². The Morgan fingerprint density at radius 2 is 2.07 bits per heavy atom. The van der Waals surface area contributed by atoms with E-state index in [4.69, 9.17) is 5.73 Å². The number of aromatic nitrogens is 1. The molecule has 0 spiro atoms. The highest BCUT2D eigenvalue weighted by atomic mass is 79.9. The molecule has 4 nitrogen and oxygen atoms in total. The van der Waals surface area contributed by atoms with E-state index < -0.39 is 12.0 Å². The first-order valence-corrected chi connectivity index (χ1v) is 5.77. The number of hydrogen-bond donors (Lipinski definition) is 1. The summed E-state index contributed by atoms with van der Waals surface area (Å²) in [4.78, 5) is 15.2. The maximum atomic E-state index is 11.1. The van der Waals surface area contributed by atoms with Crippen LogP contribution in [0.5, 0.6) is 0 Å². The first-order valence-electron chi connectivity index (χ1n) is 4.18. The first kappa shape index (κ1) is 12.6. The third-order valence-corrected chi connectivity index (χ3v) is 2.59. The Labute approximate surface area is 104 Å². The van der Waals surface area contributed by atoms with Crippen LogP contribution in [0.4, 0.5) is 0 Å². The summed E-state index contributed by atoms with van der Waals surface area (Å²) >= 11 is 6.52. The molecule has 1 aromatic heterocycles. The van der Waals surface area contributed by atoms with Crippen molar-refractivity contribution in [2.45, 2.75) is 12.5 Å². The summed E-state index contributed by atoms with van der Waals surface area (Å²) in [5, 5.41) is 0. The summed E-state index contributed by atoms with van der Waals surface area (Å²) in [7, 11) is 1.32. The Morgan fingerprint density at radius 1 is 1.53 bits per heavy atom. The van der Waals surface area contributed by atoms with Gasteiger partial charge in [-0.1, -0.05) is 0 Å². The Balaban J connectivity index is 2.76. The van der Waals surface area contributed by atoms with E-state index >= 15 is 0 Å². The second-order valence-electron chi connectivity index (χ2n) is 2.95. The fourth-order valence-electron chi connectivity index (χ4n) is 1.12. The van der Waals surface area contributed by atoms with Gasteiger partial charge < -0.3 is 10.5 Å². The molecule has 0 saturated heterocycles. The number of carbonyl (C=O) groups is 1. The van der Waals surface area contributed by atoms with E-state index in [9.17, 15) is 4.79 Å². The highest BCUT2D eigenvalue weighted by Gasteiger charge is 2.14. The lowest BCUT2D eigenvalue weighted by atomic mass is 10.1. The predicted octanol–water partition coefficient (Wildman–Crippen LogP) is 1.65. The van der Waals surface area contributed by atoms with Gasteiger partial charge in [0.2, 0.25) is 0 Å². The van der Waals surface area contributed by atoms with Gasteiger partial charge in [-0.2, -0.15) is 0 Å². The van der Waals surface area contributed by atoms with Gasteiger partial charge in [-0.05, 0) is 56.0 Å². The Hall–Kier alpha value is -0.460. The number of esters is 1. The van der Waals surface area contributed by atoms with E-state index in [0.29, 0.717) is 15.6 Å². The van der Waals surface area contributed by atoms with Crippen LogP contribution in [0.3, 0.4) is 0 Å². The van der Waals surface area contributed by atoms with Crippen molar-refractivity contribution in [2.75, 3.05) is 7.11 Å². The minimum atomic E-state index is -0.642. The van der Waals surface area contributed by atoms with Crippen molar-refractivity contribution >= 4 is 37.8 Å². The summed E-state index contributed by atoms with van der Waals surface area (Å²) in [6, 6.07) is 2.98. The minimum Gasteiger partial charge on any atom is -0.468 e. The molecule has 0 radical (unpaired) electrons. The standard InChI is InChI=1S/C9H10Br2N2O2/c1-15-9(14)6(12)2-5-3-7(10)13-8(11)4-5/h3-4,6H,2,12H2,1H3. The zero-order chi connectivity index (χ0) is 11.4. The van der Waals surface area contributed by atoms with Gasteiger partial charge in [0.15, 0.2) is 0 Å². The van der Waals surface area contributed by atoms with Crippen LogP contribution in [0.15, 0.2) is 21.3 Å². The second kappa shape index (κ2) is 5.58. The van der Waals surface area contributed by atoms with Crippen molar-refractivity contribution in [1.29, 1.82) is 0 Å². The van der Waals surface area contributed by atoms with E-state index in [0.717, 1.165) is 5.56 Å². The summed E-state index contributed by atoms with van der Waals surface area (Å²) < 4.78 is 5.94. The molecule has 2 N–H and O–H groups in total. The lowest BCUT2D eigenvalue weighted by Gasteiger charge is -2.09. The zero-order valence-electron chi connectivity index (χ0n) is 8.04. The number of pyridine rings is 1. The third-order valence-electron chi connectivity index (χ3n) is 1.78. The molecule has 1 atom stereocenters. The fraction of sp³-hybridized carbons (Fsp3) is 0.333. The highest BCUT2D eigenvalue weighted by molar-refractivity contribution is 9.11. The van der Waals surface area contributed by atoms with Gasteiger partial charge in [0.1, 0.15) is 15.2 Å². The number of carbonyl (C=O) groups excluding carboxylic acids is 1. The minimum absolute atomic E-state index is 0.418. The van der Waals surface area contributed by atoms with Gasteiger partial charge in [0.25, 0.3) is 0 Å². The quantitative estimate of drug-likeness (QED) is 0.672. The lowest BCUT2D eigenvalue weighted by Crippen LogP contribution is -2.33. The van der Waals surface area contributed by atoms with Crippen LogP contribution in [0.25, 0.3) is 0 Å². The molecule has 0 aliphatic rings. The molecule has 0 aliphatic heterocycles. The lowest BCUT2D eigenvalue weighted by molar-refractivity contribution is -0.142. The van der Waals surface area contributed by atoms with Crippen molar-refractivity contribution in [3.8, 4) is 0 Å². The molecule has 0 saturated carbocycles. The summed E-state index contributed by atoms with van der Waals surface area (Å²) in [6.07, 6.45) is 0.423. The van der Waals surface area contributed by atoms with Crippen molar-refractivity contribution in [2.24, 2.45) is 5.73 Å². The van der Waals surface area contributed by atoms with Gasteiger partial charge in [0.05, 0.1) is 7.11 Å². The molecule has 15 heavy (non-hydrogen) atoms. The van der Waals surface area contributed by atoms with Crippen molar-refractivity contribution in [3.63, 3.8) is 0 Å². The smallest absolute Gasteiger partial charge is 0.322 e. The van der Waals surface area contributed by atoms with Crippen molar-refractivity contribution in [3.05, 3.63) is 26.9 Å². The number of nitrogens with zero attached hydrogens (tertiary/aromatic N) is 1. The number of nitrogens with two attached hydrogens (primary N) is 1. The van der Waals surface area contributed by atoms with Gasteiger partial charge in [-0.25, -0.2) is 4.98 Å². The normalized spacial score (nSPS) is 12.3. The molecule has 0 amide bonds. The number of methoxy groups -OCH3 is 1. The van der Waals surface area contributed by atoms with Crippen LogP contribution in [0.1, 0.15) is 5.56 Å². The van der Waals surface area contributed by atoms with Gasteiger partial charge in [-0.15, -0.1) is 0 Å². The van der Waals surface area contributed by atoms with Crippen LogP contribution in [-0.2, 0) is 16.0 Å². The van der Waals surface area contributed by atoms with E-state index in [-0.39, 0.29) is 0 Å². The van der Waals surface area contributed by atoms with Crippen LogP contribution in [0, 0.1) is 0 Å². The summed E-state index contributed by atoms with van der Waals surface area (Å²) in [5.41, 5.74) is 6.55. The molecule has 82 valence electrons. The van der Waals surface area contributed by atoms with Crippen LogP contribution in [-0.4, -0.2) is 24.1 Å². The molecule has 0 aromatic carbocycles. The largest absolute Gasteiger partial charge is 0.468 e. The van der Waals surface area contributed by atoms with Crippen LogP contribution in [0.2, 0.25) is 0 Å². The fourth-order valence-corrected chi connectivity index (χ4v) is 2.33. The van der Waals surface area contributed by atoms with Crippen LogP contribution < -0.4 is 5.73 Å². The number of hydrogen-bond acceptors (Lipinski definition) is 4. The van der Waals surface area contributed by atoms with E-state index in [2.05, 4.69) is 41.6 Å². The van der Waals surface area contributed by atoms with Gasteiger partial charge in [-0.3, -0.25) is 4.79 Å². The molecule has 1 rings (SSSR count). The molecule has 0 bridgehead atoms. The van der Waals surface area contributed by atoms with Crippen molar-refractivity contribution < 1.29 is 9.53 Å². The number of ether oxygens (including phenoxy) is 1. The van der Waals surface area contributed by atoms with Gasteiger partial charge in [0, 0.05) is 0 Å². The topological polar surface area (TPSA) is 65.2 Å². The molecule has 1 unspecified atom stereocenters. The molecule has 0 aliphatic carbocycles. The molecule has 1 aromatic rings. The molecule has 6 heteroatoms. The average molecular weight is 338 g/mol. The highest BCUT2D eigenvalue weighted by Crippen LogP contribution is 2.16. The molecule has 1 heterocycles. The molecular weight excluding hydrogens is 328 g/mol. The molecular formula is C9H10Br2N2O2. The third kappa shape index (κ3) is 3.89. The first-order chi connectivity index (χ1) is 7.02. The zero-order valence-corrected chi connectivity index (χ0v) is 11.2. The summed E-state index contributed by atoms with van der Waals surface area (Å²) in [5.74, 6) is -0.418. The Morgan fingerprint density at radius 3 is 2.53 bits per heavy atom. The SMILES string of the molecule is COC(=O)C(N)Cc1cc(Br)nc(Br)c1. The number of halogens is 2. The Bertz CT molecular complexity index is 351. The second-order valence-corrected chi connectivity index (χ2v) is 4.58. The van der Waals surface area contributed by atoms with E-state index in [1.165, 1.54) is 7.11 Å². The Kier molecular flexibility index (Phi) is 4.69. The predicted molar refractivity (Wildman–Crippen MR) is 63.3 cm³/mol. The summed E-state index contributed by atoms with van der Waals surface area (Å²) in [6.45, 7) is 0. The van der Waals surface area contributed by atoms with Crippen LogP contribution >= 0.6 is 31.9 Å². The number of rotatable bonds is 3.